The number of carbonyl (C=O) groups excluding carboxylic acids is 1. The Labute approximate surface area is 111 Å². The van der Waals surface area contributed by atoms with Crippen LogP contribution in [-0.4, -0.2) is 30.2 Å². The predicted molar refractivity (Wildman–Crippen MR) is 73.2 cm³/mol. The second-order valence-corrected chi connectivity index (χ2v) is 5.71. The SMILES string of the molecule is CCC1(CC)CC(NC(=O)[C@@H](N)C(C)C)CCO1. The monoisotopic (exact) mass is 256 g/mol. The Hall–Kier alpha value is -0.610. The van der Waals surface area contributed by atoms with E-state index in [2.05, 4.69) is 19.2 Å². The molecule has 1 aliphatic heterocycles. The first-order valence-corrected chi connectivity index (χ1v) is 7.14. The third-order valence-corrected chi connectivity index (χ3v) is 4.15. The molecule has 1 heterocycles. The van der Waals surface area contributed by atoms with Crippen molar-refractivity contribution in [2.45, 2.75) is 71.1 Å². The van der Waals surface area contributed by atoms with Gasteiger partial charge in [0, 0.05) is 12.6 Å². The molecule has 0 aromatic carbocycles. The van der Waals surface area contributed by atoms with Crippen LogP contribution in [-0.2, 0) is 9.53 Å². The molecule has 3 N–H and O–H groups in total. The summed E-state index contributed by atoms with van der Waals surface area (Å²) in [7, 11) is 0. The van der Waals surface area contributed by atoms with Gasteiger partial charge in [0.2, 0.25) is 5.91 Å². The Morgan fingerprint density at radius 3 is 2.56 bits per heavy atom. The first-order chi connectivity index (χ1) is 8.44. The molecule has 18 heavy (non-hydrogen) atoms. The van der Waals surface area contributed by atoms with Gasteiger partial charge in [0.05, 0.1) is 11.6 Å². The van der Waals surface area contributed by atoms with E-state index in [1.807, 2.05) is 13.8 Å². The number of amides is 1. The molecule has 4 nitrogen and oxygen atoms in total. The molecule has 2 atom stereocenters. The zero-order valence-electron chi connectivity index (χ0n) is 12.2. The summed E-state index contributed by atoms with van der Waals surface area (Å²) >= 11 is 0. The van der Waals surface area contributed by atoms with Crippen molar-refractivity contribution < 1.29 is 9.53 Å². The molecule has 0 bridgehead atoms. The second-order valence-electron chi connectivity index (χ2n) is 5.71. The molecule has 106 valence electrons. The fourth-order valence-corrected chi connectivity index (χ4v) is 2.49. The van der Waals surface area contributed by atoms with Gasteiger partial charge < -0.3 is 15.8 Å². The number of rotatable bonds is 5. The van der Waals surface area contributed by atoms with Gasteiger partial charge in [0.25, 0.3) is 0 Å². The first-order valence-electron chi connectivity index (χ1n) is 7.14. The van der Waals surface area contributed by atoms with E-state index in [-0.39, 0.29) is 23.5 Å². The molecule has 1 aliphatic rings. The molecule has 0 radical (unpaired) electrons. The Balaban J connectivity index is 2.55. The van der Waals surface area contributed by atoms with Crippen LogP contribution in [0.15, 0.2) is 0 Å². The maximum absolute atomic E-state index is 12.0. The van der Waals surface area contributed by atoms with E-state index >= 15 is 0 Å². The molecule has 1 saturated heterocycles. The van der Waals surface area contributed by atoms with Gasteiger partial charge >= 0.3 is 0 Å². The quantitative estimate of drug-likeness (QED) is 0.788. The summed E-state index contributed by atoms with van der Waals surface area (Å²) in [6.45, 7) is 8.96. The molecule has 1 amide bonds. The fraction of sp³-hybridized carbons (Fsp3) is 0.929. The molecule has 0 saturated carbocycles. The Morgan fingerprint density at radius 1 is 1.44 bits per heavy atom. The van der Waals surface area contributed by atoms with E-state index in [4.69, 9.17) is 10.5 Å². The van der Waals surface area contributed by atoms with Crippen molar-refractivity contribution in [2.75, 3.05) is 6.61 Å². The molecule has 1 fully saturated rings. The lowest BCUT2D eigenvalue weighted by Gasteiger charge is -2.40. The lowest BCUT2D eigenvalue weighted by molar-refractivity contribution is -0.128. The van der Waals surface area contributed by atoms with Crippen LogP contribution in [0.4, 0.5) is 0 Å². The van der Waals surface area contributed by atoms with Gasteiger partial charge in [0.1, 0.15) is 0 Å². The molecule has 1 unspecified atom stereocenters. The minimum absolute atomic E-state index is 0.0296. The van der Waals surface area contributed by atoms with Crippen molar-refractivity contribution in [1.82, 2.24) is 5.32 Å². The summed E-state index contributed by atoms with van der Waals surface area (Å²) in [5, 5.41) is 3.08. The summed E-state index contributed by atoms with van der Waals surface area (Å²) in [5.41, 5.74) is 5.81. The lowest BCUT2D eigenvalue weighted by Crippen LogP contribution is -2.52. The van der Waals surface area contributed by atoms with Crippen molar-refractivity contribution in [3.05, 3.63) is 0 Å². The van der Waals surface area contributed by atoms with Gasteiger partial charge in [0.15, 0.2) is 0 Å². The third kappa shape index (κ3) is 3.69. The Kier molecular flexibility index (Phi) is 5.60. The van der Waals surface area contributed by atoms with E-state index in [0.717, 1.165) is 32.3 Å². The van der Waals surface area contributed by atoms with Crippen molar-refractivity contribution in [2.24, 2.45) is 11.7 Å². The number of ether oxygens (including phenoxy) is 1. The minimum Gasteiger partial charge on any atom is -0.375 e. The van der Waals surface area contributed by atoms with E-state index in [0.29, 0.717) is 0 Å². The number of carbonyl (C=O) groups is 1. The zero-order valence-corrected chi connectivity index (χ0v) is 12.2. The van der Waals surface area contributed by atoms with Crippen LogP contribution in [0.3, 0.4) is 0 Å². The Bertz CT molecular complexity index is 275. The maximum Gasteiger partial charge on any atom is 0.237 e. The first kappa shape index (κ1) is 15.4. The standard InChI is InChI=1S/C14H28N2O2/c1-5-14(6-2)9-11(7-8-18-14)16-13(17)12(15)10(3)4/h10-12H,5-9,15H2,1-4H3,(H,16,17)/t11?,12-/m0/s1. The van der Waals surface area contributed by atoms with E-state index in [1.54, 1.807) is 0 Å². The van der Waals surface area contributed by atoms with Crippen LogP contribution in [0.1, 0.15) is 53.4 Å². The molecule has 0 aromatic rings. The number of hydrogen-bond donors (Lipinski definition) is 2. The van der Waals surface area contributed by atoms with Crippen LogP contribution in [0, 0.1) is 5.92 Å². The van der Waals surface area contributed by atoms with Gasteiger partial charge in [-0.15, -0.1) is 0 Å². The highest BCUT2D eigenvalue weighted by Crippen LogP contribution is 2.31. The molecule has 0 aliphatic carbocycles. The summed E-state index contributed by atoms with van der Waals surface area (Å²) < 4.78 is 5.90. The highest BCUT2D eigenvalue weighted by molar-refractivity contribution is 5.82. The van der Waals surface area contributed by atoms with Crippen LogP contribution in [0.25, 0.3) is 0 Å². The normalized spacial score (nSPS) is 24.9. The molecule has 4 heteroatoms. The number of hydrogen-bond acceptors (Lipinski definition) is 3. The van der Waals surface area contributed by atoms with Crippen LogP contribution >= 0.6 is 0 Å². The maximum atomic E-state index is 12.0. The predicted octanol–water partition coefficient (Wildman–Crippen LogP) is 1.82. The van der Waals surface area contributed by atoms with Gasteiger partial charge in [-0.1, -0.05) is 27.7 Å². The van der Waals surface area contributed by atoms with Crippen molar-refractivity contribution in [3.8, 4) is 0 Å². The van der Waals surface area contributed by atoms with E-state index in [9.17, 15) is 4.79 Å². The van der Waals surface area contributed by atoms with E-state index in [1.165, 1.54) is 0 Å². The summed E-state index contributed by atoms with van der Waals surface area (Å²) in [6.07, 6.45) is 3.77. The zero-order chi connectivity index (χ0) is 13.8. The van der Waals surface area contributed by atoms with Gasteiger partial charge in [-0.3, -0.25) is 4.79 Å². The lowest BCUT2D eigenvalue weighted by atomic mass is 9.85. The second kappa shape index (κ2) is 6.53. The number of nitrogens with two attached hydrogens (primary N) is 1. The van der Waals surface area contributed by atoms with Gasteiger partial charge in [-0.2, -0.15) is 0 Å². The largest absolute Gasteiger partial charge is 0.375 e. The van der Waals surface area contributed by atoms with Crippen molar-refractivity contribution in [3.63, 3.8) is 0 Å². The van der Waals surface area contributed by atoms with Crippen LogP contribution in [0.2, 0.25) is 0 Å². The number of nitrogens with one attached hydrogen (secondary N) is 1. The van der Waals surface area contributed by atoms with Crippen LogP contribution in [0.5, 0.6) is 0 Å². The average Bonchev–Trinajstić information content (AvgIpc) is 2.37. The molecule has 0 spiro atoms. The van der Waals surface area contributed by atoms with Crippen molar-refractivity contribution in [1.29, 1.82) is 0 Å². The molecule has 0 aromatic heterocycles. The fourth-order valence-electron chi connectivity index (χ4n) is 2.49. The molecular weight excluding hydrogens is 228 g/mol. The summed E-state index contributed by atoms with van der Waals surface area (Å²) in [5.74, 6) is 0.143. The summed E-state index contributed by atoms with van der Waals surface area (Å²) in [4.78, 5) is 12.0. The highest BCUT2D eigenvalue weighted by atomic mass is 16.5. The molecular formula is C14H28N2O2. The third-order valence-electron chi connectivity index (χ3n) is 4.15. The Morgan fingerprint density at radius 2 is 2.06 bits per heavy atom. The van der Waals surface area contributed by atoms with Crippen molar-refractivity contribution >= 4 is 5.91 Å². The van der Waals surface area contributed by atoms with Crippen LogP contribution < -0.4 is 11.1 Å². The minimum atomic E-state index is -0.412. The van der Waals surface area contributed by atoms with E-state index < -0.39 is 6.04 Å². The highest BCUT2D eigenvalue weighted by Gasteiger charge is 2.35. The summed E-state index contributed by atoms with van der Waals surface area (Å²) in [6, 6.07) is -0.207. The molecule has 1 rings (SSSR count). The van der Waals surface area contributed by atoms with Gasteiger partial charge in [-0.05, 0) is 31.6 Å². The smallest absolute Gasteiger partial charge is 0.237 e. The average molecular weight is 256 g/mol. The topological polar surface area (TPSA) is 64.4 Å². The van der Waals surface area contributed by atoms with Gasteiger partial charge in [-0.25, -0.2) is 0 Å².